The molecule has 1 aromatic heterocycles. The lowest BCUT2D eigenvalue weighted by Gasteiger charge is -2.32. The monoisotopic (exact) mass is 420 g/mol. The van der Waals surface area contributed by atoms with Crippen LogP contribution in [-0.2, 0) is 14.1 Å². The Morgan fingerprint density at radius 1 is 1.21 bits per heavy atom. The standard InChI is InChI=1S/C20H30BClN4O3/c1-19(2)20(3,4)29-21(28-19)14-11-23-18(24-12-14)26(15-7-8-15)13-16-6-5-9-25(16)17(27)10-22/h11-12,15-16H,5-10,13H2,1-4H3/t16-/m1/s1. The van der Waals surface area contributed by atoms with Crippen molar-refractivity contribution in [1.29, 1.82) is 0 Å². The Morgan fingerprint density at radius 3 is 2.38 bits per heavy atom. The van der Waals surface area contributed by atoms with Gasteiger partial charge in [-0.15, -0.1) is 11.6 Å². The first-order chi connectivity index (χ1) is 13.7. The van der Waals surface area contributed by atoms with E-state index in [0.29, 0.717) is 12.0 Å². The summed E-state index contributed by atoms with van der Waals surface area (Å²) in [7, 11) is -0.463. The van der Waals surface area contributed by atoms with Crippen LogP contribution >= 0.6 is 11.6 Å². The van der Waals surface area contributed by atoms with Crippen LogP contribution in [0.25, 0.3) is 0 Å². The number of hydrogen-bond acceptors (Lipinski definition) is 6. The second-order valence-electron chi connectivity index (χ2n) is 9.30. The van der Waals surface area contributed by atoms with Crippen LogP contribution in [-0.4, -0.2) is 70.1 Å². The fraction of sp³-hybridized carbons (Fsp3) is 0.750. The molecule has 0 radical (unpaired) electrons. The SMILES string of the molecule is CC1(C)OB(c2cnc(N(C[C@H]3CCCN3C(=O)CCl)C3CC3)nc2)OC1(C)C. The molecule has 2 aliphatic heterocycles. The van der Waals surface area contributed by atoms with Crippen molar-refractivity contribution in [2.45, 2.75) is 76.7 Å². The maximum Gasteiger partial charge on any atom is 0.498 e. The zero-order chi connectivity index (χ0) is 20.8. The minimum Gasteiger partial charge on any atom is -0.399 e. The number of halogens is 1. The third kappa shape index (κ3) is 4.12. The number of amides is 1. The van der Waals surface area contributed by atoms with Crippen molar-refractivity contribution in [3.8, 4) is 0 Å². The highest BCUT2D eigenvalue weighted by atomic mass is 35.5. The number of likely N-dealkylation sites (tertiary alicyclic amines) is 1. The lowest BCUT2D eigenvalue weighted by atomic mass is 9.81. The third-order valence-corrected chi connectivity index (χ3v) is 6.88. The van der Waals surface area contributed by atoms with Gasteiger partial charge in [-0.2, -0.15) is 0 Å². The predicted molar refractivity (Wildman–Crippen MR) is 114 cm³/mol. The maximum atomic E-state index is 12.1. The van der Waals surface area contributed by atoms with E-state index in [9.17, 15) is 4.79 Å². The summed E-state index contributed by atoms with van der Waals surface area (Å²) in [5.74, 6) is 0.763. The van der Waals surface area contributed by atoms with Crippen molar-refractivity contribution < 1.29 is 14.1 Å². The Labute approximate surface area is 178 Å². The molecule has 1 amide bonds. The Balaban J connectivity index is 1.47. The first-order valence-electron chi connectivity index (χ1n) is 10.5. The number of hydrogen-bond donors (Lipinski definition) is 0. The summed E-state index contributed by atoms with van der Waals surface area (Å²) in [4.78, 5) is 25.6. The molecule has 0 N–H and O–H groups in total. The Morgan fingerprint density at radius 2 is 1.83 bits per heavy atom. The fourth-order valence-corrected chi connectivity index (χ4v) is 4.17. The third-order valence-electron chi connectivity index (χ3n) is 6.65. The van der Waals surface area contributed by atoms with Crippen LogP contribution in [0.1, 0.15) is 53.4 Å². The van der Waals surface area contributed by atoms with Crippen molar-refractivity contribution >= 4 is 36.0 Å². The van der Waals surface area contributed by atoms with Gasteiger partial charge in [0.15, 0.2) is 0 Å². The first-order valence-corrected chi connectivity index (χ1v) is 11.0. The van der Waals surface area contributed by atoms with Crippen LogP contribution in [0.15, 0.2) is 12.4 Å². The highest BCUT2D eigenvalue weighted by Gasteiger charge is 2.52. The average Bonchev–Trinajstić information content (AvgIpc) is 3.37. The molecular formula is C20H30BClN4O3. The minimum absolute atomic E-state index is 0.0157. The minimum atomic E-state index is -0.463. The molecule has 3 fully saturated rings. The van der Waals surface area contributed by atoms with E-state index >= 15 is 0 Å². The topological polar surface area (TPSA) is 67.8 Å². The van der Waals surface area contributed by atoms with Gasteiger partial charge in [0.2, 0.25) is 11.9 Å². The van der Waals surface area contributed by atoms with Gasteiger partial charge >= 0.3 is 7.12 Å². The summed E-state index contributed by atoms with van der Waals surface area (Å²) >= 11 is 5.79. The summed E-state index contributed by atoms with van der Waals surface area (Å²) in [6.07, 6.45) is 7.90. The van der Waals surface area contributed by atoms with Crippen LogP contribution in [0.2, 0.25) is 0 Å². The molecule has 1 aromatic rings. The quantitative estimate of drug-likeness (QED) is 0.518. The van der Waals surface area contributed by atoms with E-state index in [1.807, 2.05) is 32.6 Å². The first kappa shape index (κ1) is 20.9. The lowest BCUT2D eigenvalue weighted by Crippen LogP contribution is -2.45. The smallest absolute Gasteiger partial charge is 0.399 e. The van der Waals surface area contributed by atoms with Crippen molar-refractivity contribution in [2.24, 2.45) is 0 Å². The van der Waals surface area contributed by atoms with Crippen LogP contribution in [0.3, 0.4) is 0 Å². The molecule has 1 atom stereocenters. The van der Waals surface area contributed by atoms with E-state index in [2.05, 4.69) is 14.9 Å². The number of nitrogens with zero attached hydrogens (tertiary/aromatic N) is 4. The molecule has 29 heavy (non-hydrogen) atoms. The van der Waals surface area contributed by atoms with Crippen LogP contribution in [0.4, 0.5) is 5.95 Å². The van der Waals surface area contributed by atoms with Crippen molar-refractivity contribution in [3.63, 3.8) is 0 Å². The van der Waals surface area contributed by atoms with E-state index in [0.717, 1.165) is 44.2 Å². The van der Waals surface area contributed by atoms with Gasteiger partial charge in [0.25, 0.3) is 0 Å². The lowest BCUT2D eigenvalue weighted by molar-refractivity contribution is -0.129. The van der Waals surface area contributed by atoms with Gasteiger partial charge in [0.05, 0.1) is 11.2 Å². The summed E-state index contributed by atoms with van der Waals surface area (Å²) in [5, 5.41) is 0. The summed E-state index contributed by atoms with van der Waals surface area (Å²) in [6, 6.07) is 0.625. The van der Waals surface area contributed by atoms with Gasteiger partial charge < -0.3 is 19.1 Å². The van der Waals surface area contributed by atoms with Crippen LogP contribution in [0.5, 0.6) is 0 Å². The van der Waals surface area contributed by atoms with Crippen molar-refractivity contribution in [1.82, 2.24) is 14.9 Å². The van der Waals surface area contributed by atoms with E-state index < -0.39 is 18.3 Å². The molecule has 0 bridgehead atoms. The fourth-order valence-electron chi connectivity index (χ4n) is 4.02. The molecule has 1 saturated carbocycles. The molecule has 7 nitrogen and oxygen atoms in total. The van der Waals surface area contributed by atoms with Gasteiger partial charge in [-0.25, -0.2) is 9.97 Å². The molecule has 0 aromatic carbocycles. The molecule has 3 aliphatic rings. The number of aromatic nitrogens is 2. The van der Waals surface area contributed by atoms with Gasteiger partial charge in [0, 0.05) is 43.0 Å². The zero-order valence-electron chi connectivity index (χ0n) is 17.7. The maximum absolute atomic E-state index is 12.1. The van der Waals surface area contributed by atoms with E-state index in [-0.39, 0.29) is 17.8 Å². The van der Waals surface area contributed by atoms with E-state index in [1.54, 1.807) is 12.4 Å². The van der Waals surface area contributed by atoms with Crippen molar-refractivity contribution in [3.05, 3.63) is 12.4 Å². The van der Waals surface area contributed by atoms with Gasteiger partial charge in [0.1, 0.15) is 5.88 Å². The molecule has 158 valence electrons. The average molecular weight is 421 g/mol. The van der Waals surface area contributed by atoms with Gasteiger partial charge in [-0.1, -0.05) is 0 Å². The number of rotatable bonds is 6. The molecular weight excluding hydrogens is 391 g/mol. The largest absolute Gasteiger partial charge is 0.498 e. The number of carbonyl (C=O) groups excluding carboxylic acids is 1. The molecule has 4 rings (SSSR count). The highest BCUT2D eigenvalue weighted by molar-refractivity contribution is 6.61. The Hall–Kier alpha value is -1.38. The predicted octanol–water partition coefficient (Wildman–Crippen LogP) is 1.97. The Kier molecular flexibility index (Phi) is 5.55. The van der Waals surface area contributed by atoms with Crippen molar-refractivity contribution in [2.75, 3.05) is 23.9 Å². The molecule has 2 saturated heterocycles. The van der Waals surface area contributed by atoms with E-state index in [1.165, 1.54) is 0 Å². The van der Waals surface area contributed by atoms with E-state index in [4.69, 9.17) is 20.9 Å². The molecule has 0 spiro atoms. The summed E-state index contributed by atoms with van der Waals surface area (Å²) in [6.45, 7) is 9.68. The number of anilines is 1. The second-order valence-corrected chi connectivity index (χ2v) is 9.57. The van der Waals surface area contributed by atoms with Gasteiger partial charge in [-0.3, -0.25) is 4.79 Å². The zero-order valence-corrected chi connectivity index (χ0v) is 18.5. The summed E-state index contributed by atoms with van der Waals surface area (Å²) in [5.41, 5.74) is 0.0390. The normalized spacial score (nSPS) is 25.5. The molecule has 1 aliphatic carbocycles. The number of alkyl halides is 1. The van der Waals surface area contributed by atoms with Crippen LogP contribution in [0, 0.1) is 0 Å². The number of carbonyl (C=O) groups is 1. The second kappa shape index (κ2) is 7.71. The van der Waals surface area contributed by atoms with Gasteiger partial charge in [-0.05, 0) is 53.4 Å². The Bertz CT molecular complexity index is 741. The molecule has 3 heterocycles. The molecule has 9 heteroatoms. The molecule has 0 unspecified atom stereocenters. The summed E-state index contributed by atoms with van der Waals surface area (Å²) < 4.78 is 12.2. The van der Waals surface area contributed by atoms with Crippen LogP contribution < -0.4 is 10.4 Å². The highest BCUT2D eigenvalue weighted by Crippen LogP contribution is 2.36.